The molecule has 1 amide bonds. The maximum atomic E-state index is 12.1. The Morgan fingerprint density at radius 1 is 1.50 bits per heavy atom. The van der Waals surface area contributed by atoms with Gasteiger partial charge in [0.05, 0.1) is 12.0 Å². The SMILES string of the molecule is CO[C@@H]1CN(C(=O)[C@H]2CCCNC2)C[C@@H]1O. The summed E-state index contributed by atoms with van der Waals surface area (Å²) in [6, 6.07) is 0. The number of rotatable bonds is 2. The Labute approximate surface area is 95.8 Å². The second kappa shape index (κ2) is 5.12. The van der Waals surface area contributed by atoms with Crippen LogP contribution < -0.4 is 5.32 Å². The molecule has 0 radical (unpaired) electrons. The summed E-state index contributed by atoms with van der Waals surface area (Å²) in [7, 11) is 1.57. The first-order chi connectivity index (χ1) is 7.72. The number of β-amino-alcohol motifs (C(OH)–C–C–N with tert-alkyl or cyclic N) is 1. The lowest BCUT2D eigenvalue weighted by Gasteiger charge is -2.26. The van der Waals surface area contributed by atoms with Gasteiger partial charge in [0.1, 0.15) is 6.10 Å². The molecule has 2 aliphatic heterocycles. The highest BCUT2D eigenvalue weighted by atomic mass is 16.5. The lowest BCUT2D eigenvalue weighted by atomic mass is 9.98. The zero-order valence-electron chi connectivity index (χ0n) is 9.69. The van der Waals surface area contributed by atoms with Crippen LogP contribution >= 0.6 is 0 Å². The number of hydrogen-bond donors (Lipinski definition) is 2. The minimum atomic E-state index is -0.537. The van der Waals surface area contributed by atoms with Crippen LogP contribution in [0.25, 0.3) is 0 Å². The molecule has 0 unspecified atom stereocenters. The zero-order valence-corrected chi connectivity index (χ0v) is 9.69. The van der Waals surface area contributed by atoms with Crippen LogP contribution in [0.3, 0.4) is 0 Å². The molecule has 3 atom stereocenters. The van der Waals surface area contributed by atoms with E-state index in [0.29, 0.717) is 13.1 Å². The number of ether oxygens (including phenoxy) is 1. The van der Waals surface area contributed by atoms with Crippen molar-refractivity contribution in [1.29, 1.82) is 0 Å². The molecule has 0 aliphatic carbocycles. The standard InChI is InChI=1S/C11H20N2O3/c1-16-10-7-13(6-9(10)14)11(15)8-3-2-4-12-5-8/h8-10,12,14H,2-7H2,1H3/t8-,9-,10+/m0/s1. The summed E-state index contributed by atoms with van der Waals surface area (Å²) < 4.78 is 5.13. The molecular formula is C11H20N2O3. The minimum absolute atomic E-state index is 0.0801. The Morgan fingerprint density at radius 2 is 2.31 bits per heavy atom. The van der Waals surface area contributed by atoms with Crippen LogP contribution in [0, 0.1) is 5.92 Å². The second-order valence-corrected chi connectivity index (χ2v) is 4.63. The molecule has 0 spiro atoms. The normalized spacial score (nSPS) is 35.4. The molecule has 5 nitrogen and oxygen atoms in total. The molecule has 0 bridgehead atoms. The van der Waals surface area contributed by atoms with Crippen molar-refractivity contribution in [2.24, 2.45) is 5.92 Å². The van der Waals surface area contributed by atoms with Crippen LogP contribution in [0.15, 0.2) is 0 Å². The molecule has 2 saturated heterocycles. The summed E-state index contributed by atoms with van der Waals surface area (Å²) in [5.41, 5.74) is 0. The first-order valence-corrected chi connectivity index (χ1v) is 5.92. The van der Waals surface area contributed by atoms with Crippen molar-refractivity contribution in [1.82, 2.24) is 10.2 Å². The van der Waals surface area contributed by atoms with Crippen LogP contribution in [0.2, 0.25) is 0 Å². The quantitative estimate of drug-likeness (QED) is 0.650. The molecule has 2 heterocycles. The number of aliphatic hydroxyl groups is 1. The van der Waals surface area contributed by atoms with Gasteiger partial charge in [-0.05, 0) is 19.4 Å². The fourth-order valence-electron chi connectivity index (χ4n) is 2.49. The average Bonchev–Trinajstić information content (AvgIpc) is 2.71. The van der Waals surface area contributed by atoms with Crippen molar-refractivity contribution in [2.75, 3.05) is 33.3 Å². The van der Waals surface area contributed by atoms with Gasteiger partial charge in [-0.2, -0.15) is 0 Å². The Bertz CT molecular complexity index is 254. The zero-order chi connectivity index (χ0) is 11.5. The number of carbonyl (C=O) groups excluding carboxylic acids is 1. The van der Waals surface area contributed by atoms with Gasteiger partial charge in [-0.25, -0.2) is 0 Å². The second-order valence-electron chi connectivity index (χ2n) is 4.63. The Kier molecular flexibility index (Phi) is 3.78. The van der Waals surface area contributed by atoms with Crippen molar-refractivity contribution in [3.63, 3.8) is 0 Å². The smallest absolute Gasteiger partial charge is 0.227 e. The predicted octanol–water partition coefficient (Wildman–Crippen LogP) is -0.796. The molecule has 16 heavy (non-hydrogen) atoms. The van der Waals surface area contributed by atoms with Gasteiger partial charge < -0.3 is 20.1 Å². The van der Waals surface area contributed by atoms with Crippen LogP contribution in [0.5, 0.6) is 0 Å². The highest BCUT2D eigenvalue weighted by Gasteiger charge is 2.36. The van der Waals surface area contributed by atoms with Crippen molar-refractivity contribution in [3.8, 4) is 0 Å². The first kappa shape index (κ1) is 11.8. The minimum Gasteiger partial charge on any atom is -0.388 e. The number of carbonyl (C=O) groups is 1. The van der Waals surface area contributed by atoms with Gasteiger partial charge in [0.15, 0.2) is 0 Å². The van der Waals surface area contributed by atoms with Gasteiger partial charge >= 0.3 is 0 Å². The molecule has 92 valence electrons. The predicted molar refractivity (Wildman–Crippen MR) is 59.0 cm³/mol. The number of nitrogens with zero attached hydrogens (tertiary/aromatic N) is 1. The fraction of sp³-hybridized carbons (Fsp3) is 0.909. The van der Waals surface area contributed by atoms with E-state index in [2.05, 4.69) is 5.32 Å². The van der Waals surface area contributed by atoms with E-state index in [1.54, 1.807) is 12.0 Å². The molecule has 0 aromatic heterocycles. The Hall–Kier alpha value is -0.650. The summed E-state index contributed by atoms with van der Waals surface area (Å²) in [5, 5.41) is 12.9. The summed E-state index contributed by atoms with van der Waals surface area (Å²) in [5.74, 6) is 0.238. The maximum Gasteiger partial charge on any atom is 0.227 e. The van der Waals surface area contributed by atoms with E-state index in [1.165, 1.54) is 0 Å². The molecular weight excluding hydrogens is 208 g/mol. The van der Waals surface area contributed by atoms with Gasteiger partial charge in [-0.15, -0.1) is 0 Å². The maximum absolute atomic E-state index is 12.1. The van der Waals surface area contributed by atoms with Crippen molar-refractivity contribution >= 4 is 5.91 Å². The third kappa shape index (κ3) is 2.36. The van der Waals surface area contributed by atoms with E-state index in [1.807, 2.05) is 0 Å². The number of hydrogen-bond acceptors (Lipinski definition) is 4. The van der Waals surface area contributed by atoms with Crippen molar-refractivity contribution in [3.05, 3.63) is 0 Å². The molecule has 2 aliphatic rings. The molecule has 0 aromatic carbocycles. The van der Waals surface area contributed by atoms with E-state index in [4.69, 9.17) is 4.74 Å². The summed E-state index contributed by atoms with van der Waals surface area (Å²) in [4.78, 5) is 13.9. The van der Waals surface area contributed by atoms with E-state index in [0.717, 1.165) is 25.9 Å². The molecule has 2 N–H and O–H groups in total. The highest BCUT2D eigenvalue weighted by molar-refractivity contribution is 5.79. The van der Waals surface area contributed by atoms with Crippen LogP contribution in [0.4, 0.5) is 0 Å². The molecule has 2 fully saturated rings. The van der Waals surface area contributed by atoms with E-state index in [9.17, 15) is 9.90 Å². The Balaban J connectivity index is 1.90. The summed E-state index contributed by atoms with van der Waals surface area (Å²) in [6.45, 7) is 2.71. The summed E-state index contributed by atoms with van der Waals surface area (Å²) in [6.07, 6.45) is 1.25. The van der Waals surface area contributed by atoms with Crippen molar-refractivity contribution in [2.45, 2.75) is 25.0 Å². The lowest BCUT2D eigenvalue weighted by molar-refractivity contribution is -0.135. The number of amides is 1. The van der Waals surface area contributed by atoms with E-state index in [-0.39, 0.29) is 17.9 Å². The first-order valence-electron chi connectivity index (χ1n) is 5.92. The molecule has 2 rings (SSSR count). The summed E-state index contributed by atoms with van der Waals surface area (Å²) >= 11 is 0. The number of likely N-dealkylation sites (tertiary alicyclic amines) is 1. The number of methoxy groups -OCH3 is 1. The van der Waals surface area contributed by atoms with Gasteiger partial charge in [0.2, 0.25) is 5.91 Å². The van der Waals surface area contributed by atoms with Gasteiger partial charge in [0.25, 0.3) is 0 Å². The molecule has 5 heteroatoms. The van der Waals surface area contributed by atoms with Crippen LogP contribution in [0.1, 0.15) is 12.8 Å². The topological polar surface area (TPSA) is 61.8 Å². The molecule has 0 aromatic rings. The average molecular weight is 228 g/mol. The number of aliphatic hydroxyl groups excluding tert-OH is 1. The van der Waals surface area contributed by atoms with Crippen LogP contribution in [-0.2, 0) is 9.53 Å². The van der Waals surface area contributed by atoms with Crippen molar-refractivity contribution < 1.29 is 14.6 Å². The van der Waals surface area contributed by atoms with E-state index < -0.39 is 6.10 Å². The number of piperidine rings is 1. The van der Waals surface area contributed by atoms with Gasteiger partial charge in [-0.3, -0.25) is 4.79 Å². The fourth-order valence-corrected chi connectivity index (χ4v) is 2.49. The van der Waals surface area contributed by atoms with Crippen LogP contribution in [-0.4, -0.2) is 61.4 Å². The lowest BCUT2D eigenvalue weighted by Crippen LogP contribution is -2.42. The highest BCUT2D eigenvalue weighted by Crippen LogP contribution is 2.19. The Morgan fingerprint density at radius 3 is 2.88 bits per heavy atom. The van der Waals surface area contributed by atoms with Gasteiger partial charge in [0, 0.05) is 26.7 Å². The largest absolute Gasteiger partial charge is 0.388 e. The molecule has 0 saturated carbocycles. The third-order valence-corrected chi connectivity index (χ3v) is 3.50. The van der Waals surface area contributed by atoms with Gasteiger partial charge in [-0.1, -0.05) is 0 Å². The third-order valence-electron chi connectivity index (χ3n) is 3.50. The van der Waals surface area contributed by atoms with E-state index >= 15 is 0 Å². The number of nitrogens with one attached hydrogen (secondary N) is 1. The monoisotopic (exact) mass is 228 g/mol.